The molecule has 1 aliphatic carbocycles. The van der Waals surface area contributed by atoms with Crippen LogP contribution >= 0.6 is 11.3 Å². The predicted molar refractivity (Wildman–Crippen MR) is 105 cm³/mol. The first-order valence-corrected chi connectivity index (χ1v) is 10.1. The Bertz CT molecular complexity index is 979. The van der Waals surface area contributed by atoms with E-state index in [0.717, 1.165) is 41.7 Å². The van der Waals surface area contributed by atoms with Crippen LogP contribution in [0.3, 0.4) is 0 Å². The summed E-state index contributed by atoms with van der Waals surface area (Å²) in [5.74, 6) is -1.41. The van der Waals surface area contributed by atoms with Crippen molar-refractivity contribution in [1.29, 1.82) is 0 Å². The first kappa shape index (κ1) is 18.7. The Morgan fingerprint density at radius 1 is 1.21 bits per heavy atom. The molecule has 0 saturated heterocycles. The molecule has 1 aromatic heterocycles. The van der Waals surface area contributed by atoms with Crippen LogP contribution in [0.4, 0.5) is 5.00 Å². The van der Waals surface area contributed by atoms with Gasteiger partial charge in [-0.1, -0.05) is 18.2 Å². The molecule has 7 heteroatoms. The lowest BCUT2D eigenvalue weighted by Gasteiger charge is -2.32. The van der Waals surface area contributed by atoms with Crippen LogP contribution in [0.2, 0.25) is 0 Å². The molecule has 6 nitrogen and oxygen atoms in total. The Morgan fingerprint density at radius 2 is 1.96 bits per heavy atom. The van der Waals surface area contributed by atoms with Gasteiger partial charge in [0.05, 0.1) is 18.2 Å². The van der Waals surface area contributed by atoms with Crippen molar-refractivity contribution < 1.29 is 23.9 Å². The van der Waals surface area contributed by atoms with Crippen molar-refractivity contribution in [3.63, 3.8) is 0 Å². The van der Waals surface area contributed by atoms with Crippen molar-refractivity contribution in [2.75, 3.05) is 12.4 Å². The summed E-state index contributed by atoms with van der Waals surface area (Å²) in [6, 6.07) is 7.11. The molecule has 28 heavy (non-hydrogen) atoms. The number of hydrogen-bond donors (Lipinski definition) is 1. The minimum absolute atomic E-state index is 0.277. The zero-order chi connectivity index (χ0) is 19.9. The number of cyclic esters (lactones) is 1. The topological polar surface area (TPSA) is 81.7 Å². The largest absolute Gasteiger partial charge is 0.465 e. The lowest BCUT2D eigenvalue weighted by Crippen LogP contribution is -2.48. The van der Waals surface area contributed by atoms with Crippen molar-refractivity contribution >= 4 is 34.2 Å². The molecule has 0 spiro atoms. The second-order valence-electron chi connectivity index (χ2n) is 7.32. The van der Waals surface area contributed by atoms with E-state index in [9.17, 15) is 14.4 Å². The fraction of sp³-hybridized carbons (Fsp3) is 0.381. The molecule has 0 saturated carbocycles. The average Bonchev–Trinajstić information content (AvgIpc) is 3.05. The number of hydrogen-bond acceptors (Lipinski definition) is 6. The monoisotopic (exact) mass is 399 g/mol. The van der Waals surface area contributed by atoms with Crippen LogP contribution in [-0.2, 0) is 33.5 Å². The van der Waals surface area contributed by atoms with Crippen LogP contribution in [0, 0.1) is 0 Å². The Morgan fingerprint density at radius 3 is 2.75 bits per heavy atom. The highest BCUT2D eigenvalue weighted by Crippen LogP contribution is 2.39. The summed E-state index contributed by atoms with van der Waals surface area (Å²) in [6.07, 6.45) is 4.03. The third-order valence-electron chi connectivity index (χ3n) is 5.35. The van der Waals surface area contributed by atoms with Crippen LogP contribution < -0.4 is 5.32 Å². The normalized spacial score (nSPS) is 20.6. The van der Waals surface area contributed by atoms with Gasteiger partial charge in [-0.15, -0.1) is 11.3 Å². The van der Waals surface area contributed by atoms with E-state index < -0.39 is 23.4 Å². The maximum atomic E-state index is 13.1. The average molecular weight is 399 g/mol. The predicted octanol–water partition coefficient (Wildman–Crippen LogP) is 3.52. The van der Waals surface area contributed by atoms with Crippen LogP contribution in [-0.4, -0.2) is 30.6 Å². The molecule has 1 N–H and O–H groups in total. The smallest absolute Gasteiger partial charge is 0.341 e. The highest BCUT2D eigenvalue weighted by molar-refractivity contribution is 7.17. The van der Waals surface area contributed by atoms with Crippen LogP contribution in [0.1, 0.15) is 56.5 Å². The molecule has 1 aromatic carbocycles. The second-order valence-corrected chi connectivity index (χ2v) is 8.42. The number of thiophene rings is 1. The van der Waals surface area contributed by atoms with Gasteiger partial charge in [0.1, 0.15) is 5.00 Å². The van der Waals surface area contributed by atoms with Gasteiger partial charge in [0, 0.05) is 11.3 Å². The fourth-order valence-corrected chi connectivity index (χ4v) is 5.14. The number of carbonyl (C=O) groups is 3. The molecule has 1 atom stereocenters. The first-order chi connectivity index (χ1) is 13.4. The number of ether oxygens (including phenoxy) is 2. The minimum Gasteiger partial charge on any atom is -0.465 e. The number of carbonyl (C=O) groups excluding carboxylic acids is 3. The molecule has 2 heterocycles. The van der Waals surface area contributed by atoms with Crippen molar-refractivity contribution in [2.24, 2.45) is 0 Å². The molecule has 2 aromatic rings. The fourth-order valence-electron chi connectivity index (χ4n) is 3.87. The van der Waals surface area contributed by atoms with E-state index in [1.165, 1.54) is 18.4 Å². The van der Waals surface area contributed by atoms with Gasteiger partial charge in [0.2, 0.25) is 0 Å². The van der Waals surface area contributed by atoms with E-state index in [1.807, 2.05) is 12.1 Å². The van der Waals surface area contributed by atoms with Gasteiger partial charge in [-0.05, 0) is 49.8 Å². The number of amides is 1. The molecule has 0 fully saturated rings. The highest BCUT2D eigenvalue weighted by Gasteiger charge is 2.43. The standard InChI is InChI=1S/C21H21NO5S/c1-21(11-12-7-3-4-8-13(12)18(23)27-21)20(25)22-17-16(19(24)26-2)14-9-5-6-10-15(14)28-17/h3-4,7-8H,5-6,9-11H2,1-2H3,(H,22,25)/t21-/m0/s1. The molecule has 0 unspecified atom stereocenters. The van der Waals surface area contributed by atoms with E-state index in [1.54, 1.807) is 19.1 Å². The Hall–Kier alpha value is -2.67. The summed E-state index contributed by atoms with van der Waals surface area (Å²) in [5, 5.41) is 3.32. The Balaban J connectivity index is 1.65. The highest BCUT2D eigenvalue weighted by atomic mass is 32.1. The molecular weight excluding hydrogens is 378 g/mol. The van der Waals surface area contributed by atoms with Crippen LogP contribution in [0.15, 0.2) is 24.3 Å². The number of nitrogens with one attached hydrogen (secondary N) is 1. The van der Waals surface area contributed by atoms with E-state index in [-0.39, 0.29) is 6.42 Å². The SMILES string of the molecule is COC(=O)c1c(NC(=O)[C@]2(C)Cc3ccccc3C(=O)O2)sc2c1CCCC2. The van der Waals surface area contributed by atoms with Gasteiger partial charge in [0.25, 0.3) is 5.91 Å². The zero-order valence-corrected chi connectivity index (χ0v) is 16.6. The quantitative estimate of drug-likeness (QED) is 0.799. The van der Waals surface area contributed by atoms with E-state index in [4.69, 9.17) is 9.47 Å². The summed E-state index contributed by atoms with van der Waals surface area (Å²) in [5.41, 5.74) is 1.31. The molecule has 1 aliphatic heterocycles. The van der Waals surface area contributed by atoms with Crippen molar-refractivity contribution in [3.05, 3.63) is 51.4 Å². The van der Waals surface area contributed by atoms with E-state index in [0.29, 0.717) is 16.1 Å². The maximum Gasteiger partial charge on any atom is 0.341 e. The van der Waals surface area contributed by atoms with E-state index >= 15 is 0 Å². The number of methoxy groups -OCH3 is 1. The maximum absolute atomic E-state index is 13.1. The third kappa shape index (κ3) is 3.09. The number of fused-ring (bicyclic) bond motifs is 2. The summed E-state index contributed by atoms with van der Waals surface area (Å²) in [7, 11) is 1.34. The summed E-state index contributed by atoms with van der Waals surface area (Å²) in [4.78, 5) is 38.9. The number of aryl methyl sites for hydroxylation is 1. The molecule has 4 rings (SSSR count). The number of esters is 2. The van der Waals surface area contributed by atoms with Crippen LogP contribution in [0.5, 0.6) is 0 Å². The van der Waals surface area contributed by atoms with Gasteiger partial charge in [-0.25, -0.2) is 9.59 Å². The van der Waals surface area contributed by atoms with Crippen molar-refractivity contribution in [1.82, 2.24) is 0 Å². The van der Waals surface area contributed by atoms with Gasteiger partial charge >= 0.3 is 11.9 Å². The number of rotatable bonds is 3. The van der Waals surface area contributed by atoms with E-state index in [2.05, 4.69) is 5.32 Å². The minimum atomic E-state index is -1.34. The third-order valence-corrected chi connectivity index (χ3v) is 6.56. The summed E-state index contributed by atoms with van der Waals surface area (Å²) >= 11 is 1.41. The number of benzene rings is 1. The molecular formula is C21H21NO5S. The molecule has 0 radical (unpaired) electrons. The lowest BCUT2D eigenvalue weighted by atomic mass is 9.89. The molecule has 146 valence electrons. The number of anilines is 1. The first-order valence-electron chi connectivity index (χ1n) is 9.28. The summed E-state index contributed by atoms with van der Waals surface area (Å²) < 4.78 is 10.4. The zero-order valence-electron chi connectivity index (χ0n) is 15.8. The second kappa shape index (κ2) is 7.05. The van der Waals surface area contributed by atoms with Gasteiger partial charge in [-0.2, -0.15) is 0 Å². The van der Waals surface area contributed by atoms with Gasteiger partial charge < -0.3 is 14.8 Å². The van der Waals surface area contributed by atoms with Crippen molar-refractivity contribution in [3.8, 4) is 0 Å². The Labute approximate surface area is 166 Å². The summed E-state index contributed by atoms with van der Waals surface area (Å²) in [6.45, 7) is 1.60. The Kier molecular flexibility index (Phi) is 4.71. The van der Waals surface area contributed by atoms with Gasteiger partial charge in [0.15, 0.2) is 5.60 Å². The molecule has 1 amide bonds. The molecule has 2 aliphatic rings. The van der Waals surface area contributed by atoms with Gasteiger partial charge in [-0.3, -0.25) is 4.79 Å². The van der Waals surface area contributed by atoms with Crippen molar-refractivity contribution in [2.45, 2.75) is 44.6 Å². The molecule has 0 bridgehead atoms. The lowest BCUT2D eigenvalue weighted by molar-refractivity contribution is -0.134. The van der Waals surface area contributed by atoms with Crippen LogP contribution in [0.25, 0.3) is 0 Å².